The lowest BCUT2D eigenvalue weighted by Crippen LogP contribution is -2.20. The Morgan fingerprint density at radius 3 is 2.68 bits per heavy atom. The Labute approximate surface area is 172 Å². The summed E-state index contributed by atoms with van der Waals surface area (Å²) in [6.07, 6.45) is 5.57. The van der Waals surface area contributed by atoms with Crippen molar-refractivity contribution in [2.24, 2.45) is 5.92 Å². The molecule has 5 nitrogen and oxygen atoms in total. The van der Waals surface area contributed by atoms with E-state index in [4.69, 9.17) is 23.2 Å². The molecule has 0 saturated heterocycles. The summed E-state index contributed by atoms with van der Waals surface area (Å²) in [5.74, 6) is -0.352. The van der Waals surface area contributed by atoms with Gasteiger partial charge in [-0.25, -0.2) is 0 Å². The molecule has 144 valence electrons. The van der Waals surface area contributed by atoms with Gasteiger partial charge in [-0.3, -0.25) is 9.59 Å². The molecule has 0 aromatic heterocycles. The Balaban J connectivity index is 1.63. The number of benzene rings is 2. The number of carbonyl (C=O) groups excluding carboxylic acids is 2. The summed E-state index contributed by atoms with van der Waals surface area (Å²) < 4.78 is 0. The Morgan fingerprint density at radius 2 is 1.93 bits per heavy atom. The first kappa shape index (κ1) is 18.8. The molecule has 1 aliphatic heterocycles. The average Bonchev–Trinajstić information content (AvgIpc) is 3.28. The summed E-state index contributed by atoms with van der Waals surface area (Å²) in [6, 6.07) is 8.25. The van der Waals surface area contributed by atoms with Crippen molar-refractivity contribution in [2.45, 2.75) is 25.7 Å². The summed E-state index contributed by atoms with van der Waals surface area (Å²) >= 11 is 12.0. The molecule has 7 heteroatoms. The molecular formula is C21H18Cl2N2O3. The van der Waals surface area contributed by atoms with Crippen LogP contribution in [0.2, 0.25) is 10.0 Å². The lowest BCUT2D eigenvalue weighted by molar-refractivity contribution is -0.119. The molecule has 2 aromatic carbocycles. The van der Waals surface area contributed by atoms with Crippen LogP contribution < -0.4 is 10.6 Å². The van der Waals surface area contributed by atoms with E-state index in [-0.39, 0.29) is 28.5 Å². The van der Waals surface area contributed by atoms with E-state index in [9.17, 15) is 14.7 Å². The fourth-order valence-corrected chi connectivity index (χ4v) is 4.21. The molecule has 0 radical (unpaired) electrons. The SMILES string of the molecule is O=C1Nc2cc(NC(=O)C3CCCC3)ccc2/C1=C/c1cc(Cl)cc(Cl)c1O. The second-order valence-corrected chi connectivity index (χ2v) is 7.91. The lowest BCUT2D eigenvalue weighted by atomic mass is 10.0. The minimum absolute atomic E-state index is 0.0241. The average molecular weight is 417 g/mol. The highest BCUT2D eigenvalue weighted by atomic mass is 35.5. The van der Waals surface area contributed by atoms with Crippen LogP contribution in [0, 0.1) is 5.92 Å². The van der Waals surface area contributed by atoms with Crippen LogP contribution in [0.3, 0.4) is 0 Å². The smallest absolute Gasteiger partial charge is 0.256 e. The molecule has 0 spiro atoms. The number of phenols is 1. The van der Waals surface area contributed by atoms with E-state index in [0.717, 1.165) is 25.7 Å². The number of nitrogens with one attached hydrogen (secondary N) is 2. The molecule has 28 heavy (non-hydrogen) atoms. The lowest BCUT2D eigenvalue weighted by Gasteiger charge is -2.11. The van der Waals surface area contributed by atoms with E-state index < -0.39 is 0 Å². The second kappa shape index (κ2) is 7.49. The molecule has 0 unspecified atom stereocenters. The number of halogens is 2. The third-order valence-corrected chi connectivity index (χ3v) is 5.66. The molecule has 1 aliphatic carbocycles. The van der Waals surface area contributed by atoms with Crippen molar-refractivity contribution in [3.8, 4) is 5.75 Å². The Morgan fingerprint density at radius 1 is 1.18 bits per heavy atom. The van der Waals surface area contributed by atoms with Gasteiger partial charge in [-0.2, -0.15) is 0 Å². The molecular weight excluding hydrogens is 399 g/mol. The number of hydrogen-bond acceptors (Lipinski definition) is 3. The largest absolute Gasteiger partial charge is 0.506 e. The number of rotatable bonds is 3. The highest BCUT2D eigenvalue weighted by molar-refractivity contribution is 6.37. The monoisotopic (exact) mass is 416 g/mol. The molecule has 2 amide bonds. The van der Waals surface area contributed by atoms with Crippen LogP contribution in [0.25, 0.3) is 11.6 Å². The molecule has 2 aromatic rings. The standard InChI is InChI=1S/C21H18Cl2N2O3/c22-13-7-12(19(26)17(23)9-13)8-16-15-6-5-14(10-18(15)25-21(16)28)24-20(27)11-3-1-2-4-11/h5-11,26H,1-4H2,(H,24,27)(H,25,28)/b16-8-. The van der Waals surface area contributed by atoms with Crippen LogP contribution in [0.4, 0.5) is 11.4 Å². The van der Waals surface area contributed by atoms with Gasteiger partial charge in [0.25, 0.3) is 5.91 Å². The number of anilines is 2. The maximum atomic E-state index is 12.4. The third-order valence-electron chi connectivity index (χ3n) is 5.15. The zero-order valence-electron chi connectivity index (χ0n) is 14.9. The van der Waals surface area contributed by atoms with Crippen LogP contribution in [-0.2, 0) is 9.59 Å². The summed E-state index contributed by atoms with van der Waals surface area (Å²) in [5, 5.41) is 16.3. The summed E-state index contributed by atoms with van der Waals surface area (Å²) in [7, 11) is 0. The van der Waals surface area contributed by atoms with Crippen LogP contribution in [0.5, 0.6) is 5.75 Å². The number of fused-ring (bicyclic) bond motifs is 1. The quantitative estimate of drug-likeness (QED) is 0.592. The fraction of sp³-hybridized carbons (Fsp3) is 0.238. The van der Waals surface area contributed by atoms with Gasteiger partial charge < -0.3 is 15.7 Å². The number of hydrogen-bond donors (Lipinski definition) is 3. The first-order chi connectivity index (χ1) is 13.4. The van der Waals surface area contributed by atoms with Gasteiger partial charge in [0.2, 0.25) is 5.91 Å². The topological polar surface area (TPSA) is 78.4 Å². The van der Waals surface area contributed by atoms with Crippen molar-refractivity contribution in [1.29, 1.82) is 0 Å². The Kier molecular flexibility index (Phi) is 5.04. The minimum atomic E-state index is -0.301. The van der Waals surface area contributed by atoms with Crippen LogP contribution in [0.15, 0.2) is 30.3 Å². The van der Waals surface area contributed by atoms with Crippen molar-refractivity contribution in [2.75, 3.05) is 10.6 Å². The van der Waals surface area contributed by atoms with E-state index in [2.05, 4.69) is 10.6 Å². The minimum Gasteiger partial charge on any atom is -0.506 e. The zero-order chi connectivity index (χ0) is 19.8. The van der Waals surface area contributed by atoms with E-state index in [0.29, 0.717) is 33.1 Å². The predicted molar refractivity (Wildman–Crippen MR) is 112 cm³/mol. The Bertz CT molecular complexity index is 1010. The fourth-order valence-electron chi connectivity index (χ4n) is 3.70. The van der Waals surface area contributed by atoms with Crippen molar-refractivity contribution in [1.82, 2.24) is 0 Å². The molecule has 3 N–H and O–H groups in total. The van der Waals surface area contributed by atoms with E-state index in [1.165, 1.54) is 12.1 Å². The van der Waals surface area contributed by atoms with Gasteiger partial charge in [0.15, 0.2) is 0 Å². The first-order valence-corrected chi connectivity index (χ1v) is 9.84. The third kappa shape index (κ3) is 3.60. The van der Waals surface area contributed by atoms with Crippen LogP contribution >= 0.6 is 23.2 Å². The first-order valence-electron chi connectivity index (χ1n) is 9.09. The molecule has 2 aliphatic rings. The van der Waals surface area contributed by atoms with E-state index in [1.807, 2.05) is 0 Å². The van der Waals surface area contributed by atoms with Gasteiger partial charge in [0, 0.05) is 33.3 Å². The molecule has 4 rings (SSSR count). The van der Waals surface area contributed by atoms with Gasteiger partial charge in [-0.1, -0.05) is 42.1 Å². The summed E-state index contributed by atoms with van der Waals surface area (Å²) in [6.45, 7) is 0. The Hall–Kier alpha value is -2.50. The number of aromatic hydroxyl groups is 1. The zero-order valence-corrected chi connectivity index (χ0v) is 16.4. The van der Waals surface area contributed by atoms with Crippen molar-refractivity contribution in [3.05, 3.63) is 51.5 Å². The van der Waals surface area contributed by atoms with Crippen molar-refractivity contribution < 1.29 is 14.7 Å². The highest BCUT2D eigenvalue weighted by Gasteiger charge is 2.26. The molecule has 1 heterocycles. The maximum Gasteiger partial charge on any atom is 0.256 e. The van der Waals surface area contributed by atoms with E-state index in [1.54, 1.807) is 24.3 Å². The summed E-state index contributed by atoms with van der Waals surface area (Å²) in [5.41, 5.74) is 2.67. The van der Waals surface area contributed by atoms with Crippen molar-refractivity contribution in [3.63, 3.8) is 0 Å². The van der Waals surface area contributed by atoms with Crippen LogP contribution in [-0.4, -0.2) is 16.9 Å². The number of carbonyl (C=O) groups is 2. The normalized spacial score (nSPS) is 17.6. The molecule has 0 atom stereocenters. The second-order valence-electron chi connectivity index (χ2n) is 7.07. The molecule has 1 fully saturated rings. The van der Waals surface area contributed by atoms with Gasteiger partial charge in [0.1, 0.15) is 5.75 Å². The number of amides is 2. The molecule has 1 saturated carbocycles. The highest BCUT2D eigenvalue weighted by Crippen LogP contribution is 2.38. The summed E-state index contributed by atoms with van der Waals surface area (Å²) in [4.78, 5) is 24.8. The maximum absolute atomic E-state index is 12.4. The number of phenolic OH excluding ortho intramolecular Hbond substituents is 1. The van der Waals surface area contributed by atoms with Gasteiger partial charge in [-0.05, 0) is 43.2 Å². The van der Waals surface area contributed by atoms with Gasteiger partial charge in [-0.15, -0.1) is 0 Å². The van der Waals surface area contributed by atoms with Gasteiger partial charge >= 0.3 is 0 Å². The van der Waals surface area contributed by atoms with Gasteiger partial charge in [0.05, 0.1) is 10.7 Å². The van der Waals surface area contributed by atoms with E-state index >= 15 is 0 Å². The van der Waals surface area contributed by atoms with Crippen LogP contribution in [0.1, 0.15) is 36.8 Å². The van der Waals surface area contributed by atoms with Crippen molar-refractivity contribution >= 4 is 58.0 Å². The molecule has 0 bridgehead atoms. The predicted octanol–water partition coefficient (Wildman–Crippen LogP) is 5.32.